The van der Waals surface area contributed by atoms with E-state index in [0.29, 0.717) is 6.04 Å². The zero-order valence-corrected chi connectivity index (χ0v) is 11.6. The fourth-order valence-corrected chi connectivity index (χ4v) is 2.28. The summed E-state index contributed by atoms with van der Waals surface area (Å²) in [5, 5.41) is 3.60. The molecule has 0 spiro atoms. The molecular weight excluding hydrogens is 196 g/mol. The van der Waals surface area contributed by atoms with E-state index in [4.69, 9.17) is 0 Å². The van der Waals surface area contributed by atoms with Crippen LogP contribution in [0.2, 0.25) is 0 Å². The van der Waals surface area contributed by atoms with Crippen molar-refractivity contribution in [3.63, 3.8) is 0 Å². The summed E-state index contributed by atoms with van der Waals surface area (Å²) < 4.78 is 0. The minimum atomic E-state index is 0.705. The fourth-order valence-electron chi connectivity index (χ4n) is 2.28. The topological polar surface area (TPSA) is 15.3 Å². The van der Waals surface area contributed by atoms with Crippen molar-refractivity contribution in [3.05, 3.63) is 0 Å². The third-order valence-corrected chi connectivity index (χ3v) is 4.07. The van der Waals surface area contributed by atoms with E-state index in [2.05, 4.69) is 37.9 Å². The molecule has 1 aliphatic rings. The zero-order chi connectivity index (χ0) is 12.0. The number of piperidine rings is 1. The zero-order valence-electron chi connectivity index (χ0n) is 11.6. The first-order valence-corrected chi connectivity index (χ1v) is 7.08. The maximum atomic E-state index is 3.60. The van der Waals surface area contributed by atoms with E-state index < -0.39 is 0 Å². The van der Waals surface area contributed by atoms with Crippen LogP contribution in [0, 0.1) is 11.8 Å². The molecule has 2 nitrogen and oxygen atoms in total. The Morgan fingerprint density at radius 2 is 1.81 bits per heavy atom. The van der Waals surface area contributed by atoms with Gasteiger partial charge in [-0.1, -0.05) is 27.2 Å². The summed E-state index contributed by atoms with van der Waals surface area (Å²) in [4.78, 5) is 2.64. The lowest BCUT2D eigenvalue weighted by molar-refractivity contribution is 0.144. The van der Waals surface area contributed by atoms with Crippen molar-refractivity contribution < 1.29 is 0 Å². The average Bonchev–Trinajstić information content (AvgIpc) is 2.29. The summed E-state index contributed by atoms with van der Waals surface area (Å²) in [5.74, 6) is 1.75. The molecule has 0 aromatic carbocycles. The molecule has 0 saturated carbocycles. The highest BCUT2D eigenvalue weighted by atomic mass is 15.2. The van der Waals surface area contributed by atoms with E-state index in [1.165, 1.54) is 38.9 Å². The first-order chi connectivity index (χ1) is 7.63. The maximum absolute atomic E-state index is 3.60. The van der Waals surface area contributed by atoms with Gasteiger partial charge in [-0.2, -0.15) is 0 Å². The molecule has 0 aliphatic carbocycles. The molecular formula is C14H30N2. The Morgan fingerprint density at radius 1 is 1.19 bits per heavy atom. The van der Waals surface area contributed by atoms with Crippen molar-refractivity contribution >= 4 is 0 Å². The third-order valence-electron chi connectivity index (χ3n) is 4.07. The molecule has 2 atom stereocenters. The number of likely N-dealkylation sites (tertiary alicyclic amines) is 1. The van der Waals surface area contributed by atoms with Crippen LogP contribution in [-0.2, 0) is 0 Å². The van der Waals surface area contributed by atoms with Gasteiger partial charge in [-0.05, 0) is 51.2 Å². The van der Waals surface area contributed by atoms with Gasteiger partial charge in [-0.25, -0.2) is 0 Å². The number of nitrogens with one attached hydrogen (secondary N) is 1. The van der Waals surface area contributed by atoms with Crippen molar-refractivity contribution in [2.24, 2.45) is 11.8 Å². The summed E-state index contributed by atoms with van der Waals surface area (Å²) in [6.07, 6.45) is 4.05. The van der Waals surface area contributed by atoms with Gasteiger partial charge in [0, 0.05) is 12.6 Å². The molecule has 2 unspecified atom stereocenters. The highest BCUT2D eigenvalue weighted by molar-refractivity contribution is 4.76. The van der Waals surface area contributed by atoms with Crippen molar-refractivity contribution in [1.82, 2.24) is 10.2 Å². The van der Waals surface area contributed by atoms with Gasteiger partial charge in [0.15, 0.2) is 0 Å². The average molecular weight is 226 g/mol. The molecule has 1 heterocycles. The quantitative estimate of drug-likeness (QED) is 0.749. The van der Waals surface area contributed by atoms with Gasteiger partial charge < -0.3 is 5.32 Å². The van der Waals surface area contributed by atoms with E-state index in [0.717, 1.165) is 18.4 Å². The Balaban J connectivity index is 2.12. The number of nitrogens with zero attached hydrogens (tertiary/aromatic N) is 1. The maximum Gasteiger partial charge on any atom is 0.0192 e. The fraction of sp³-hybridized carbons (Fsp3) is 1.00. The van der Waals surface area contributed by atoms with Crippen molar-refractivity contribution in [2.45, 2.75) is 53.0 Å². The lowest BCUT2D eigenvalue weighted by atomic mass is 9.98. The minimum Gasteiger partial charge on any atom is -0.315 e. The van der Waals surface area contributed by atoms with Gasteiger partial charge in [-0.3, -0.25) is 4.90 Å². The molecule has 1 saturated heterocycles. The second-order valence-electron chi connectivity index (χ2n) is 5.74. The van der Waals surface area contributed by atoms with Crippen LogP contribution >= 0.6 is 0 Å². The highest BCUT2D eigenvalue weighted by Gasteiger charge is 2.19. The van der Waals surface area contributed by atoms with E-state index in [9.17, 15) is 0 Å². The molecule has 0 bridgehead atoms. The van der Waals surface area contributed by atoms with Crippen LogP contribution in [-0.4, -0.2) is 37.1 Å². The largest absolute Gasteiger partial charge is 0.315 e. The molecule has 1 aliphatic heterocycles. The highest BCUT2D eigenvalue weighted by Crippen LogP contribution is 2.17. The van der Waals surface area contributed by atoms with E-state index in [1.54, 1.807) is 0 Å². The predicted octanol–water partition coefficient (Wildman–Crippen LogP) is 2.74. The van der Waals surface area contributed by atoms with Crippen LogP contribution in [0.3, 0.4) is 0 Å². The summed E-state index contributed by atoms with van der Waals surface area (Å²) in [6, 6.07) is 0.705. The Bertz CT molecular complexity index is 174. The van der Waals surface area contributed by atoms with Gasteiger partial charge in [0.25, 0.3) is 0 Å². The SMILES string of the molecule is CCC(C)CNCC(C)N1CCC(C)CC1. The number of hydrogen-bond donors (Lipinski definition) is 1. The number of hydrogen-bond acceptors (Lipinski definition) is 2. The minimum absolute atomic E-state index is 0.705. The van der Waals surface area contributed by atoms with Crippen LogP contribution in [0.5, 0.6) is 0 Å². The van der Waals surface area contributed by atoms with E-state index >= 15 is 0 Å². The lowest BCUT2D eigenvalue weighted by Crippen LogP contribution is -2.45. The van der Waals surface area contributed by atoms with E-state index in [1.807, 2.05) is 0 Å². The first-order valence-electron chi connectivity index (χ1n) is 7.08. The second kappa shape index (κ2) is 7.29. The lowest BCUT2D eigenvalue weighted by Gasteiger charge is -2.35. The monoisotopic (exact) mass is 226 g/mol. The molecule has 0 aromatic heterocycles. The van der Waals surface area contributed by atoms with Crippen LogP contribution in [0.4, 0.5) is 0 Å². The predicted molar refractivity (Wildman–Crippen MR) is 71.8 cm³/mol. The molecule has 16 heavy (non-hydrogen) atoms. The van der Waals surface area contributed by atoms with Gasteiger partial charge in [0.2, 0.25) is 0 Å². The molecule has 0 amide bonds. The molecule has 0 radical (unpaired) electrons. The Hall–Kier alpha value is -0.0800. The van der Waals surface area contributed by atoms with Crippen molar-refractivity contribution in [2.75, 3.05) is 26.2 Å². The summed E-state index contributed by atoms with van der Waals surface area (Å²) in [5.41, 5.74) is 0. The molecule has 1 rings (SSSR count). The smallest absolute Gasteiger partial charge is 0.0192 e. The van der Waals surface area contributed by atoms with Crippen molar-refractivity contribution in [1.29, 1.82) is 0 Å². The van der Waals surface area contributed by atoms with Crippen LogP contribution in [0.1, 0.15) is 47.0 Å². The Labute approximate surface area is 102 Å². The van der Waals surface area contributed by atoms with E-state index in [-0.39, 0.29) is 0 Å². The third kappa shape index (κ3) is 4.84. The van der Waals surface area contributed by atoms with Crippen LogP contribution in [0.15, 0.2) is 0 Å². The Kier molecular flexibility index (Phi) is 6.37. The van der Waals surface area contributed by atoms with Crippen molar-refractivity contribution in [3.8, 4) is 0 Å². The summed E-state index contributed by atoms with van der Waals surface area (Å²) in [7, 11) is 0. The summed E-state index contributed by atoms with van der Waals surface area (Å²) in [6.45, 7) is 14.2. The second-order valence-corrected chi connectivity index (χ2v) is 5.74. The van der Waals surface area contributed by atoms with Gasteiger partial charge in [0.05, 0.1) is 0 Å². The Morgan fingerprint density at radius 3 is 2.38 bits per heavy atom. The normalized spacial score (nSPS) is 23.2. The molecule has 1 N–H and O–H groups in total. The van der Waals surface area contributed by atoms with Gasteiger partial charge in [0.1, 0.15) is 0 Å². The summed E-state index contributed by atoms with van der Waals surface area (Å²) >= 11 is 0. The number of rotatable bonds is 6. The van der Waals surface area contributed by atoms with Gasteiger partial charge >= 0.3 is 0 Å². The molecule has 2 heteroatoms. The van der Waals surface area contributed by atoms with Crippen LogP contribution in [0.25, 0.3) is 0 Å². The molecule has 96 valence electrons. The van der Waals surface area contributed by atoms with Gasteiger partial charge in [-0.15, -0.1) is 0 Å². The standard InChI is InChI=1S/C14H30N2/c1-5-12(2)10-15-11-14(4)16-8-6-13(3)7-9-16/h12-15H,5-11H2,1-4H3. The molecule has 0 aromatic rings. The first kappa shape index (κ1) is 14.0. The van der Waals surface area contributed by atoms with Crippen LogP contribution < -0.4 is 5.32 Å². The molecule has 1 fully saturated rings.